The molecule has 0 atom stereocenters. The number of hydrogen-bond acceptors (Lipinski definition) is 4. The van der Waals surface area contributed by atoms with Crippen molar-refractivity contribution in [1.82, 2.24) is 14.9 Å². The second-order valence-electron chi connectivity index (χ2n) is 9.94. The number of aryl methyl sites for hydroxylation is 3. The molecule has 9 heteroatoms. The summed E-state index contributed by atoms with van der Waals surface area (Å²) < 4.78 is 46.0. The number of halogens is 3. The minimum absolute atomic E-state index is 0.180. The summed E-state index contributed by atoms with van der Waals surface area (Å²) in [6.07, 6.45) is -0.0435. The fourth-order valence-corrected chi connectivity index (χ4v) is 5.30. The number of nitrogens with one attached hydrogen (secondary N) is 1. The van der Waals surface area contributed by atoms with Gasteiger partial charge in [0.05, 0.1) is 29.3 Å². The van der Waals surface area contributed by atoms with Crippen LogP contribution < -0.4 is 5.32 Å². The van der Waals surface area contributed by atoms with E-state index in [9.17, 15) is 23.1 Å². The van der Waals surface area contributed by atoms with E-state index in [-0.39, 0.29) is 18.3 Å². The summed E-state index contributed by atoms with van der Waals surface area (Å²) in [7, 11) is 0. The van der Waals surface area contributed by atoms with Gasteiger partial charge in [0.2, 0.25) is 5.88 Å². The molecule has 2 N–H and O–H groups in total. The summed E-state index contributed by atoms with van der Waals surface area (Å²) in [5.41, 5.74) is 4.74. The van der Waals surface area contributed by atoms with E-state index < -0.39 is 11.7 Å². The zero-order chi connectivity index (χ0) is 27.9. The quantitative estimate of drug-likeness (QED) is 0.239. The molecule has 0 saturated carbocycles. The van der Waals surface area contributed by atoms with Crippen LogP contribution in [0.2, 0.25) is 0 Å². The van der Waals surface area contributed by atoms with Crippen molar-refractivity contribution in [1.29, 1.82) is 0 Å². The molecule has 1 aliphatic heterocycles. The predicted octanol–water partition coefficient (Wildman–Crippen LogP) is 6.68. The van der Waals surface area contributed by atoms with Crippen molar-refractivity contribution in [3.8, 4) is 17.0 Å². The van der Waals surface area contributed by atoms with E-state index in [1.807, 2.05) is 22.8 Å². The minimum Gasteiger partial charge on any atom is -0.494 e. The Balaban J connectivity index is 1.29. The number of hydrogen-bond donors (Lipinski definition) is 2. The SMILES string of the molecule is O=C(NCc1ccco1)c1ccc(-c2cc(CCc3ccc(C(F)(F)F)cc3)nc3c4n(c(O)c23)CCC4)cc1. The fourth-order valence-electron chi connectivity index (χ4n) is 5.30. The summed E-state index contributed by atoms with van der Waals surface area (Å²) in [6, 6.07) is 17.8. The van der Waals surface area contributed by atoms with Gasteiger partial charge in [-0.15, -0.1) is 0 Å². The number of rotatable bonds is 7. The lowest BCUT2D eigenvalue weighted by Crippen LogP contribution is -2.22. The van der Waals surface area contributed by atoms with Crippen LogP contribution in [0.15, 0.2) is 77.4 Å². The van der Waals surface area contributed by atoms with Crippen molar-refractivity contribution in [2.45, 2.75) is 44.9 Å². The Kier molecular flexibility index (Phi) is 6.57. The van der Waals surface area contributed by atoms with Crippen LogP contribution in [0.3, 0.4) is 0 Å². The third kappa shape index (κ3) is 4.95. The van der Waals surface area contributed by atoms with Gasteiger partial charge in [0, 0.05) is 23.5 Å². The van der Waals surface area contributed by atoms with E-state index in [1.54, 1.807) is 30.5 Å². The van der Waals surface area contributed by atoms with Crippen LogP contribution in [0.25, 0.3) is 22.0 Å². The first kappa shape index (κ1) is 25.7. The molecule has 0 unspecified atom stereocenters. The molecule has 0 aliphatic carbocycles. The van der Waals surface area contributed by atoms with Crippen molar-refractivity contribution in [2.24, 2.45) is 0 Å². The molecule has 2 aromatic carbocycles. The molecule has 0 saturated heterocycles. The average Bonchev–Trinajstić information content (AvgIpc) is 3.71. The van der Waals surface area contributed by atoms with E-state index >= 15 is 0 Å². The Labute approximate surface area is 228 Å². The van der Waals surface area contributed by atoms with Gasteiger partial charge < -0.3 is 19.4 Å². The maximum atomic E-state index is 12.9. The number of aromatic nitrogens is 2. The molecule has 1 aliphatic rings. The Morgan fingerprint density at radius 2 is 1.82 bits per heavy atom. The number of fused-ring (bicyclic) bond motifs is 3. The summed E-state index contributed by atoms with van der Waals surface area (Å²) in [4.78, 5) is 17.5. The van der Waals surface area contributed by atoms with E-state index in [4.69, 9.17) is 9.40 Å². The van der Waals surface area contributed by atoms with Crippen molar-refractivity contribution in [3.63, 3.8) is 0 Å². The van der Waals surface area contributed by atoms with Gasteiger partial charge in [-0.3, -0.25) is 9.78 Å². The van der Waals surface area contributed by atoms with Gasteiger partial charge in [-0.1, -0.05) is 24.3 Å². The van der Waals surface area contributed by atoms with Crippen LogP contribution in [-0.4, -0.2) is 20.6 Å². The van der Waals surface area contributed by atoms with Gasteiger partial charge in [-0.05, 0) is 84.8 Å². The van der Waals surface area contributed by atoms with Gasteiger partial charge >= 0.3 is 6.18 Å². The van der Waals surface area contributed by atoms with Crippen LogP contribution in [0.1, 0.15) is 45.1 Å². The number of nitrogens with zero attached hydrogens (tertiary/aromatic N) is 2. The molecule has 6 nitrogen and oxygen atoms in total. The molecule has 6 rings (SSSR count). The third-order valence-electron chi connectivity index (χ3n) is 7.36. The van der Waals surface area contributed by atoms with Crippen LogP contribution in [0.5, 0.6) is 5.88 Å². The minimum atomic E-state index is -4.37. The van der Waals surface area contributed by atoms with Crippen molar-refractivity contribution in [3.05, 3.63) is 107 Å². The molecular weight excluding hydrogens is 519 g/mol. The molecule has 0 radical (unpaired) electrons. The van der Waals surface area contributed by atoms with Crippen molar-refractivity contribution < 1.29 is 27.5 Å². The number of carbonyl (C=O) groups is 1. The monoisotopic (exact) mass is 545 g/mol. The molecule has 204 valence electrons. The molecular formula is C31H26F3N3O3. The maximum absolute atomic E-state index is 12.9. The molecule has 0 fully saturated rings. The Bertz CT molecular complexity index is 1670. The molecule has 0 spiro atoms. The molecule has 5 aromatic rings. The zero-order valence-electron chi connectivity index (χ0n) is 21.5. The Morgan fingerprint density at radius 1 is 1.05 bits per heavy atom. The topological polar surface area (TPSA) is 80.3 Å². The van der Waals surface area contributed by atoms with Crippen LogP contribution in [0, 0.1) is 0 Å². The van der Waals surface area contributed by atoms with Crippen LogP contribution >= 0.6 is 0 Å². The first-order valence-corrected chi connectivity index (χ1v) is 13.1. The third-order valence-corrected chi connectivity index (χ3v) is 7.36. The molecule has 0 bridgehead atoms. The summed E-state index contributed by atoms with van der Waals surface area (Å²) >= 11 is 0. The van der Waals surface area contributed by atoms with E-state index in [1.165, 1.54) is 12.1 Å². The van der Waals surface area contributed by atoms with Gasteiger partial charge in [0.1, 0.15) is 5.76 Å². The summed E-state index contributed by atoms with van der Waals surface area (Å²) in [5.74, 6) is 0.607. The van der Waals surface area contributed by atoms with E-state index in [2.05, 4.69) is 5.32 Å². The number of carbonyl (C=O) groups excluding carboxylic acids is 1. The lowest BCUT2D eigenvalue weighted by molar-refractivity contribution is -0.137. The Morgan fingerprint density at radius 3 is 2.52 bits per heavy atom. The van der Waals surface area contributed by atoms with E-state index in [0.29, 0.717) is 36.1 Å². The first-order chi connectivity index (χ1) is 19.3. The smallest absolute Gasteiger partial charge is 0.416 e. The lowest BCUT2D eigenvalue weighted by Gasteiger charge is -2.11. The fraction of sp³-hybridized carbons (Fsp3) is 0.226. The summed E-state index contributed by atoms with van der Waals surface area (Å²) in [5, 5.41) is 14.6. The normalized spacial score (nSPS) is 13.1. The number of amides is 1. The van der Waals surface area contributed by atoms with Gasteiger partial charge in [-0.2, -0.15) is 13.2 Å². The van der Waals surface area contributed by atoms with Crippen LogP contribution in [0.4, 0.5) is 13.2 Å². The second-order valence-corrected chi connectivity index (χ2v) is 9.94. The highest BCUT2D eigenvalue weighted by Crippen LogP contribution is 2.41. The van der Waals surface area contributed by atoms with Gasteiger partial charge in [-0.25, -0.2) is 0 Å². The number of pyridine rings is 1. The second kappa shape index (κ2) is 10.2. The molecule has 40 heavy (non-hydrogen) atoms. The predicted molar refractivity (Wildman–Crippen MR) is 144 cm³/mol. The highest BCUT2D eigenvalue weighted by Gasteiger charge is 2.30. The van der Waals surface area contributed by atoms with E-state index in [0.717, 1.165) is 58.6 Å². The Hall–Kier alpha value is -4.53. The highest BCUT2D eigenvalue weighted by molar-refractivity contribution is 6.01. The number of alkyl halides is 3. The number of aromatic hydroxyl groups is 1. The molecule has 3 aromatic heterocycles. The lowest BCUT2D eigenvalue weighted by atomic mass is 9.98. The number of furan rings is 1. The molecule has 1 amide bonds. The average molecular weight is 546 g/mol. The largest absolute Gasteiger partial charge is 0.494 e. The summed E-state index contributed by atoms with van der Waals surface area (Å²) in [6.45, 7) is 0.998. The first-order valence-electron chi connectivity index (χ1n) is 13.1. The zero-order valence-corrected chi connectivity index (χ0v) is 21.5. The van der Waals surface area contributed by atoms with Gasteiger partial charge in [0.25, 0.3) is 5.91 Å². The molecule has 4 heterocycles. The van der Waals surface area contributed by atoms with Crippen molar-refractivity contribution >= 4 is 16.8 Å². The van der Waals surface area contributed by atoms with Crippen molar-refractivity contribution in [2.75, 3.05) is 0 Å². The number of benzene rings is 2. The highest BCUT2D eigenvalue weighted by atomic mass is 19.4. The van der Waals surface area contributed by atoms with Gasteiger partial charge in [0.15, 0.2) is 0 Å². The standard InChI is InChI=1S/C31H26F3N3O3/c32-31(33,34)22-12-5-19(6-13-22)7-14-23-17-25(27-28(36-23)26-4-1-15-37(26)30(27)39)20-8-10-21(11-9-20)29(38)35-18-24-3-2-16-40-24/h2-3,5-6,8-13,16-17,39H,1,4,7,14-15,18H2,(H,35,38). The van der Waals surface area contributed by atoms with Crippen LogP contribution in [-0.2, 0) is 38.5 Å². The maximum Gasteiger partial charge on any atom is 0.416 e.